The number of hydrogen-bond acceptors (Lipinski definition) is 5. The molecule has 0 bridgehead atoms. The van der Waals surface area contributed by atoms with E-state index in [-0.39, 0.29) is 0 Å². The summed E-state index contributed by atoms with van der Waals surface area (Å²) in [7, 11) is 4.08. The molecule has 0 aliphatic carbocycles. The van der Waals surface area contributed by atoms with Crippen LogP contribution < -0.4 is 14.8 Å². The quantitative estimate of drug-likeness (QED) is 0.613. The third kappa shape index (κ3) is 2.63. The van der Waals surface area contributed by atoms with Gasteiger partial charge in [-0.1, -0.05) is 24.3 Å². The molecule has 2 aromatic carbocycles. The van der Waals surface area contributed by atoms with Crippen LogP contribution in [0.15, 0.2) is 48.5 Å². The number of nitrogens with zero attached hydrogens (tertiary/aromatic N) is 2. The van der Waals surface area contributed by atoms with Gasteiger partial charge in [-0.25, -0.2) is 4.98 Å². The van der Waals surface area contributed by atoms with Crippen molar-refractivity contribution in [3.63, 3.8) is 0 Å². The van der Waals surface area contributed by atoms with Crippen molar-refractivity contribution in [1.29, 1.82) is 0 Å². The van der Waals surface area contributed by atoms with E-state index in [1.54, 1.807) is 0 Å². The molecule has 0 saturated heterocycles. The average molecular weight is 321 g/mol. The van der Waals surface area contributed by atoms with Gasteiger partial charge in [0.1, 0.15) is 0 Å². The Labute approximate surface area is 140 Å². The average Bonchev–Trinajstić information content (AvgIpc) is 2.60. The van der Waals surface area contributed by atoms with Crippen LogP contribution in [0.2, 0.25) is 0 Å². The maximum atomic E-state index is 6.14. The first kappa shape index (κ1) is 14.8. The zero-order chi connectivity index (χ0) is 16.5. The molecule has 3 aromatic rings. The van der Waals surface area contributed by atoms with Crippen molar-refractivity contribution in [3.05, 3.63) is 48.5 Å². The Morgan fingerprint density at radius 2 is 1.58 bits per heavy atom. The summed E-state index contributed by atoms with van der Waals surface area (Å²) in [5.41, 5.74) is 0.881. The van der Waals surface area contributed by atoms with E-state index in [2.05, 4.69) is 10.2 Å². The second-order valence-corrected chi connectivity index (χ2v) is 6.02. The molecule has 0 amide bonds. The molecule has 24 heavy (non-hydrogen) atoms. The predicted molar refractivity (Wildman–Crippen MR) is 95.4 cm³/mol. The van der Waals surface area contributed by atoms with E-state index < -0.39 is 0 Å². The lowest BCUT2D eigenvalue weighted by molar-refractivity contribution is 0.363. The van der Waals surface area contributed by atoms with Crippen molar-refractivity contribution in [2.24, 2.45) is 0 Å². The zero-order valence-corrected chi connectivity index (χ0v) is 13.7. The van der Waals surface area contributed by atoms with E-state index >= 15 is 0 Å². The second-order valence-electron chi connectivity index (χ2n) is 6.02. The molecule has 2 heterocycles. The number of para-hydroxylation sites is 3. The van der Waals surface area contributed by atoms with Crippen molar-refractivity contribution >= 4 is 16.7 Å². The number of anilines is 1. The van der Waals surface area contributed by atoms with Gasteiger partial charge < -0.3 is 19.7 Å². The molecule has 1 aliphatic rings. The predicted octanol–water partition coefficient (Wildman–Crippen LogP) is 4.11. The summed E-state index contributed by atoms with van der Waals surface area (Å²) >= 11 is 0. The van der Waals surface area contributed by atoms with Crippen LogP contribution in [0.3, 0.4) is 0 Å². The number of nitrogens with one attached hydrogen (secondary N) is 1. The topological polar surface area (TPSA) is 46.6 Å². The molecule has 0 saturated carbocycles. The lowest BCUT2D eigenvalue weighted by atomic mass is 10.1. The third-order valence-corrected chi connectivity index (χ3v) is 3.93. The van der Waals surface area contributed by atoms with E-state index in [0.717, 1.165) is 29.7 Å². The Balaban J connectivity index is 1.80. The highest BCUT2D eigenvalue weighted by Crippen LogP contribution is 2.50. The number of aromatic nitrogens is 1. The highest BCUT2D eigenvalue weighted by molar-refractivity contribution is 5.92. The SMILES string of the molecule is CN(C)CCNc1nc2ccccc2c2c1Oc1ccccc1O2. The fourth-order valence-corrected chi connectivity index (χ4v) is 2.72. The molecule has 1 aliphatic heterocycles. The number of fused-ring (bicyclic) bond motifs is 4. The van der Waals surface area contributed by atoms with Crippen LogP contribution in [0.1, 0.15) is 0 Å². The minimum atomic E-state index is 0.645. The van der Waals surface area contributed by atoms with Gasteiger partial charge >= 0.3 is 0 Å². The van der Waals surface area contributed by atoms with Gasteiger partial charge in [0.25, 0.3) is 0 Å². The van der Waals surface area contributed by atoms with Gasteiger partial charge in [-0.2, -0.15) is 0 Å². The maximum Gasteiger partial charge on any atom is 0.212 e. The van der Waals surface area contributed by atoms with Gasteiger partial charge in [0.15, 0.2) is 23.1 Å². The summed E-state index contributed by atoms with van der Waals surface area (Å²) in [6.45, 7) is 1.68. The van der Waals surface area contributed by atoms with Gasteiger partial charge in [0.2, 0.25) is 5.75 Å². The van der Waals surface area contributed by atoms with Crippen molar-refractivity contribution in [3.8, 4) is 23.0 Å². The lowest BCUT2D eigenvalue weighted by Crippen LogP contribution is -2.21. The van der Waals surface area contributed by atoms with Crippen LogP contribution in [0.25, 0.3) is 10.9 Å². The smallest absolute Gasteiger partial charge is 0.212 e. The minimum Gasteiger partial charge on any atom is -0.449 e. The zero-order valence-electron chi connectivity index (χ0n) is 13.7. The molecule has 4 rings (SSSR count). The van der Waals surface area contributed by atoms with Crippen molar-refractivity contribution in [2.75, 3.05) is 32.5 Å². The van der Waals surface area contributed by atoms with Crippen LogP contribution in [-0.2, 0) is 0 Å². The standard InChI is InChI=1S/C19H19N3O2/c1-22(2)12-11-20-19-18-17(13-7-3-4-8-14(13)21-19)23-15-9-5-6-10-16(15)24-18/h3-10H,11-12H2,1-2H3,(H,20,21). The van der Waals surface area contributed by atoms with Gasteiger partial charge in [-0.3, -0.25) is 0 Å². The summed E-state index contributed by atoms with van der Waals surface area (Å²) in [6.07, 6.45) is 0. The highest BCUT2D eigenvalue weighted by atomic mass is 16.6. The summed E-state index contributed by atoms with van der Waals surface area (Å²) in [5.74, 6) is 3.50. The molecule has 0 atom stereocenters. The minimum absolute atomic E-state index is 0.645. The van der Waals surface area contributed by atoms with Gasteiger partial charge in [0, 0.05) is 18.5 Å². The monoisotopic (exact) mass is 321 g/mol. The van der Waals surface area contributed by atoms with E-state index in [0.29, 0.717) is 23.1 Å². The first-order chi connectivity index (χ1) is 11.7. The Kier molecular flexibility index (Phi) is 3.70. The Hall–Kier alpha value is -2.79. The summed E-state index contributed by atoms with van der Waals surface area (Å²) in [4.78, 5) is 6.84. The molecular weight excluding hydrogens is 302 g/mol. The first-order valence-corrected chi connectivity index (χ1v) is 7.98. The molecule has 122 valence electrons. The van der Waals surface area contributed by atoms with Crippen molar-refractivity contribution < 1.29 is 9.47 Å². The lowest BCUT2D eigenvalue weighted by Gasteiger charge is -2.24. The molecule has 0 fully saturated rings. The fraction of sp³-hybridized carbons (Fsp3) is 0.211. The number of ether oxygens (including phenoxy) is 2. The fourth-order valence-electron chi connectivity index (χ4n) is 2.72. The number of hydrogen-bond donors (Lipinski definition) is 1. The van der Waals surface area contributed by atoms with Crippen LogP contribution >= 0.6 is 0 Å². The summed E-state index contributed by atoms with van der Waals surface area (Å²) < 4.78 is 12.3. The van der Waals surface area contributed by atoms with E-state index in [4.69, 9.17) is 14.5 Å². The van der Waals surface area contributed by atoms with E-state index in [1.165, 1.54) is 0 Å². The van der Waals surface area contributed by atoms with E-state index in [9.17, 15) is 0 Å². The normalized spacial score (nSPS) is 12.3. The second kappa shape index (κ2) is 6.02. The molecule has 0 radical (unpaired) electrons. The van der Waals surface area contributed by atoms with Gasteiger partial charge in [0.05, 0.1) is 5.52 Å². The molecule has 5 heteroatoms. The van der Waals surface area contributed by atoms with Crippen molar-refractivity contribution in [1.82, 2.24) is 9.88 Å². The number of likely N-dealkylation sites (N-methyl/N-ethyl adjacent to an activating group) is 1. The number of pyridine rings is 1. The molecule has 0 unspecified atom stereocenters. The Morgan fingerprint density at radius 3 is 2.33 bits per heavy atom. The van der Waals surface area contributed by atoms with Crippen LogP contribution in [0, 0.1) is 0 Å². The summed E-state index contributed by atoms with van der Waals surface area (Å²) in [6, 6.07) is 15.6. The Morgan fingerprint density at radius 1 is 0.917 bits per heavy atom. The number of rotatable bonds is 4. The molecule has 5 nitrogen and oxygen atoms in total. The van der Waals surface area contributed by atoms with Gasteiger partial charge in [-0.05, 0) is 38.4 Å². The number of benzene rings is 2. The van der Waals surface area contributed by atoms with Gasteiger partial charge in [-0.15, -0.1) is 0 Å². The summed E-state index contributed by atoms with van der Waals surface area (Å²) in [5, 5.41) is 4.31. The van der Waals surface area contributed by atoms with Crippen LogP contribution in [0.4, 0.5) is 5.82 Å². The molecule has 1 N–H and O–H groups in total. The Bertz CT molecular complexity index is 893. The maximum absolute atomic E-state index is 6.14. The highest BCUT2D eigenvalue weighted by Gasteiger charge is 2.25. The first-order valence-electron chi connectivity index (χ1n) is 7.98. The third-order valence-electron chi connectivity index (χ3n) is 3.93. The molecule has 1 aromatic heterocycles. The molecular formula is C19H19N3O2. The van der Waals surface area contributed by atoms with E-state index in [1.807, 2.05) is 62.6 Å². The van der Waals surface area contributed by atoms with Crippen LogP contribution in [0.5, 0.6) is 23.0 Å². The largest absolute Gasteiger partial charge is 0.449 e. The molecule has 0 spiro atoms. The van der Waals surface area contributed by atoms with Crippen molar-refractivity contribution in [2.45, 2.75) is 0 Å². The van der Waals surface area contributed by atoms with Crippen LogP contribution in [-0.4, -0.2) is 37.1 Å².